The number of hydrogen-bond donors (Lipinski definition) is 1. The van der Waals surface area contributed by atoms with E-state index in [9.17, 15) is 8.42 Å². The van der Waals surface area contributed by atoms with Crippen LogP contribution in [0.1, 0.15) is 34.1 Å². The van der Waals surface area contributed by atoms with Crippen LogP contribution in [0.15, 0.2) is 0 Å². The summed E-state index contributed by atoms with van der Waals surface area (Å²) in [7, 11) is -3.06. The Morgan fingerprint density at radius 2 is 1.82 bits per heavy atom. The van der Waals surface area contributed by atoms with Gasteiger partial charge in [-0.2, -0.15) is 0 Å². The van der Waals surface area contributed by atoms with Crippen molar-refractivity contribution in [1.82, 2.24) is 5.32 Å². The number of hydrogen-bond acceptors (Lipinski definition) is 4. The van der Waals surface area contributed by atoms with Crippen molar-refractivity contribution in [2.75, 3.05) is 18.8 Å². The van der Waals surface area contributed by atoms with Gasteiger partial charge < -0.3 is 10.1 Å². The van der Waals surface area contributed by atoms with Crippen LogP contribution < -0.4 is 5.32 Å². The lowest BCUT2D eigenvalue weighted by atomic mass is 10.0. The van der Waals surface area contributed by atoms with Gasteiger partial charge >= 0.3 is 0 Å². The monoisotopic (exact) mass is 261 g/mol. The molecule has 2 aliphatic heterocycles. The van der Waals surface area contributed by atoms with Gasteiger partial charge in [-0.15, -0.1) is 0 Å². The maximum Gasteiger partial charge on any atom is 0.156 e. The van der Waals surface area contributed by atoms with E-state index in [0.29, 0.717) is 18.1 Å². The van der Waals surface area contributed by atoms with Gasteiger partial charge in [0.05, 0.1) is 22.2 Å². The summed E-state index contributed by atoms with van der Waals surface area (Å²) >= 11 is 0. The number of rotatable bonds is 3. The van der Waals surface area contributed by atoms with Crippen LogP contribution in [0.4, 0.5) is 0 Å². The van der Waals surface area contributed by atoms with E-state index in [1.807, 2.05) is 27.7 Å². The second-order valence-corrected chi connectivity index (χ2v) is 8.74. The Morgan fingerprint density at radius 3 is 2.18 bits per heavy atom. The van der Waals surface area contributed by atoms with E-state index in [-0.39, 0.29) is 10.9 Å². The zero-order valence-electron chi connectivity index (χ0n) is 11.1. The van der Waals surface area contributed by atoms with Crippen molar-refractivity contribution in [2.24, 2.45) is 5.92 Å². The third-order valence-corrected chi connectivity index (χ3v) is 6.30. The van der Waals surface area contributed by atoms with Gasteiger partial charge in [-0.05, 0) is 40.0 Å². The van der Waals surface area contributed by atoms with E-state index in [4.69, 9.17) is 4.74 Å². The molecular formula is C12H23NO3S. The van der Waals surface area contributed by atoms with Crippen LogP contribution in [0.3, 0.4) is 0 Å². The quantitative estimate of drug-likeness (QED) is 0.822. The van der Waals surface area contributed by atoms with Crippen molar-refractivity contribution < 1.29 is 13.2 Å². The lowest BCUT2D eigenvalue weighted by Crippen LogP contribution is -2.49. The molecule has 0 aromatic carbocycles. The minimum absolute atomic E-state index is 0.291. The summed E-state index contributed by atoms with van der Waals surface area (Å²) in [6.07, 6.45) is 0.600. The number of ether oxygens (including phenoxy) is 1. The van der Waals surface area contributed by atoms with Crippen LogP contribution in [0.5, 0.6) is 0 Å². The Kier molecular flexibility index (Phi) is 3.08. The molecule has 0 saturated carbocycles. The molecule has 0 amide bonds. The maximum absolute atomic E-state index is 12.4. The smallest absolute Gasteiger partial charge is 0.156 e. The lowest BCUT2D eigenvalue weighted by molar-refractivity contribution is -0.0635. The van der Waals surface area contributed by atoms with Crippen LogP contribution in [-0.2, 0) is 14.6 Å². The molecule has 0 aromatic heterocycles. The molecule has 1 N–H and O–H groups in total. The average Bonchev–Trinajstić information content (AvgIpc) is 2.28. The standard InChI is InChI=1S/C12H23NO3S/c1-11(2)5-10(12(3,4)16-11)17(14,15)8-9-6-13-7-9/h9-10,13H,5-8H2,1-4H3. The topological polar surface area (TPSA) is 55.4 Å². The van der Waals surface area contributed by atoms with Crippen LogP contribution in [-0.4, -0.2) is 43.7 Å². The Hall–Kier alpha value is -0.130. The SMILES string of the molecule is CC1(C)CC(S(=O)(=O)CC2CNC2)C(C)(C)O1. The van der Waals surface area contributed by atoms with Gasteiger partial charge in [-0.1, -0.05) is 0 Å². The molecule has 0 spiro atoms. The first kappa shape index (κ1) is 13.3. The minimum atomic E-state index is -3.06. The molecular weight excluding hydrogens is 238 g/mol. The number of sulfone groups is 1. The molecule has 0 aliphatic carbocycles. The van der Waals surface area contributed by atoms with Gasteiger partial charge in [0.2, 0.25) is 0 Å². The summed E-state index contributed by atoms with van der Waals surface area (Å²) in [5.41, 5.74) is -0.904. The molecule has 2 aliphatic rings. The molecule has 2 heterocycles. The van der Waals surface area contributed by atoms with Crippen LogP contribution in [0, 0.1) is 5.92 Å². The van der Waals surface area contributed by atoms with Crippen molar-refractivity contribution in [3.8, 4) is 0 Å². The largest absolute Gasteiger partial charge is 0.368 e. The summed E-state index contributed by atoms with van der Waals surface area (Å²) in [5, 5.41) is 2.75. The maximum atomic E-state index is 12.4. The highest BCUT2D eigenvalue weighted by Gasteiger charge is 2.52. The molecule has 0 bridgehead atoms. The lowest BCUT2D eigenvalue weighted by Gasteiger charge is -2.31. The highest BCUT2D eigenvalue weighted by Crippen LogP contribution is 2.41. The van der Waals surface area contributed by atoms with E-state index in [1.54, 1.807) is 0 Å². The molecule has 2 rings (SSSR count). The van der Waals surface area contributed by atoms with Gasteiger partial charge in [-0.3, -0.25) is 0 Å². The molecule has 0 aromatic rings. The highest BCUT2D eigenvalue weighted by atomic mass is 32.2. The highest BCUT2D eigenvalue weighted by molar-refractivity contribution is 7.92. The molecule has 1 atom stereocenters. The predicted molar refractivity (Wildman–Crippen MR) is 67.8 cm³/mol. The molecule has 100 valence electrons. The summed E-state index contributed by atoms with van der Waals surface area (Å²) in [6.45, 7) is 9.38. The summed E-state index contributed by atoms with van der Waals surface area (Å²) in [6, 6.07) is 0. The normalized spacial score (nSPS) is 32.4. The van der Waals surface area contributed by atoms with E-state index < -0.39 is 15.4 Å². The first-order chi connectivity index (χ1) is 7.62. The number of nitrogens with one attached hydrogen (secondary N) is 1. The fourth-order valence-electron chi connectivity index (χ4n) is 2.98. The van der Waals surface area contributed by atoms with E-state index in [1.165, 1.54) is 0 Å². The summed E-state index contributed by atoms with van der Waals surface area (Å²) < 4.78 is 30.7. The van der Waals surface area contributed by atoms with Gasteiger partial charge in [0, 0.05) is 13.1 Å². The van der Waals surface area contributed by atoms with E-state index >= 15 is 0 Å². The predicted octanol–water partition coefficient (Wildman–Crippen LogP) is 0.967. The van der Waals surface area contributed by atoms with Crippen LogP contribution >= 0.6 is 0 Å². The molecule has 2 saturated heterocycles. The fraction of sp³-hybridized carbons (Fsp3) is 1.00. The zero-order valence-corrected chi connectivity index (χ0v) is 11.9. The average molecular weight is 261 g/mol. The van der Waals surface area contributed by atoms with E-state index in [2.05, 4.69) is 5.32 Å². The minimum Gasteiger partial charge on any atom is -0.368 e. The molecule has 0 radical (unpaired) electrons. The van der Waals surface area contributed by atoms with Gasteiger partial charge in [0.1, 0.15) is 0 Å². The third kappa shape index (κ3) is 2.66. The van der Waals surface area contributed by atoms with Crippen molar-refractivity contribution in [2.45, 2.75) is 50.6 Å². The second kappa shape index (κ2) is 3.93. The van der Waals surface area contributed by atoms with Crippen molar-refractivity contribution in [3.05, 3.63) is 0 Å². The summed E-state index contributed by atoms with van der Waals surface area (Å²) in [4.78, 5) is 0. The Labute approximate surface area is 104 Å². The summed E-state index contributed by atoms with van der Waals surface area (Å²) in [5.74, 6) is 0.590. The first-order valence-electron chi connectivity index (χ1n) is 6.25. The van der Waals surface area contributed by atoms with Crippen molar-refractivity contribution in [1.29, 1.82) is 0 Å². The molecule has 2 fully saturated rings. The Bertz CT molecular complexity index is 396. The third-order valence-electron chi connectivity index (χ3n) is 3.76. The van der Waals surface area contributed by atoms with Crippen LogP contribution in [0.25, 0.3) is 0 Å². The van der Waals surface area contributed by atoms with Crippen molar-refractivity contribution >= 4 is 9.84 Å². The van der Waals surface area contributed by atoms with Gasteiger partial charge in [-0.25, -0.2) is 8.42 Å². The Morgan fingerprint density at radius 1 is 1.24 bits per heavy atom. The zero-order chi connectivity index (χ0) is 12.9. The molecule has 1 unspecified atom stereocenters. The Balaban J connectivity index is 2.15. The van der Waals surface area contributed by atoms with E-state index in [0.717, 1.165) is 13.1 Å². The second-order valence-electron chi connectivity index (χ2n) is 6.51. The molecule has 5 heteroatoms. The van der Waals surface area contributed by atoms with Gasteiger partial charge in [0.15, 0.2) is 9.84 Å². The van der Waals surface area contributed by atoms with Gasteiger partial charge in [0.25, 0.3) is 0 Å². The fourth-order valence-corrected chi connectivity index (χ4v) is 5.68. The van der Waals surface area contributed by atoms with Crippen molar-refractivity contribution in [3.63, 3.8) is 0 Å². The van der Waals surface area contributed by atoms with Crippen LogP contribution in [0.2, 0.25) is 0 Å². The molecule has 17 heavy (non-hydrogen) atoms. The first-order valence-corrected chi connectivity index (χ1v) is 7.96. The molecule has 4 nitrogen and oxygen atoms in total.